The summed E-state index contributed by atoms with van der Waals surface area (Å²) >= 11 is 0. The van der Waals surface area contributed by atoms with E-state index in [1.807, 2.05) is 41.5 Å². The molecular formula is C13H33O3Ti-. The van der Waals surface area contributed by atoms with Crippen molar-refractivity contribution >= 4 is 0 Å². The summed E-state index contributed by atoms with van der Waals surface area (Å²) in [4.78, 5) is 0. The molecule has 0 aromatic carbocycles. The Morgan fingerprint density at radius 1 is 0.588 bits per heavy atom. The molecule has 0 rings (SSSR count). The second-order valence-corrected chi connectivity index (χ2v) is 4.73. The van der Waals surface area contributed by atoms with Gasteiger partial charge in [-0.05, 0) is 17.8 Å². The largest absolute Gasteiger partial charge is 0.396 e. The summed E-state index contributed by atoms with van der Waals surface area (Å²) in [5, 5.41) is 24.4. The monoisotopic (exact) mass is 285 g/mol. The molecular weight excluding hydrogens is 252 g/mol. The van der Waals surface area contributed by atoms with Crippen LogP contribution < -0.4 is 0 Å². The Morgan fingerprint density at radius 3 is 0.647 bits per heavy atom. The van der Waals surface area contributed by atoms with Crippen molar-refractivity contribution in [3.63, 3.8) is 0 Å². The number of hydrogen-bond acceptors (Lipinski definition) is 3. The molecule has 0 spiro atoms. The van der Waals surface area contributed by atoms with Crippen molar-refractivity contribution in [3.8, 4) is 0 Å². The fraction of sp³-hybridized carbons (Fsp3) is 0.923. The van der Waals surface area contributed by atoms with Crippen LogP contribution in [0.25, 0.3) is 0 Å². The third kappa shape index (κ3) is 81.3. The first-order valence-electron chi connectivity index (χ1n) is 5.64. The Kier molecular flexibility index (Phi) is 45.7. The third-order valence-electron chi connectivity index (χ3n) is 1.10. The second-order valence-electron chi connectivity index (χ2n) is 4.73. The van der Waals surface area contributed by atoms with Gasteiger partial charge in [0.1, 0.15) is 0 Å². The van der Waals surface area contributed by atoms with Crippen molar-refractivity contribution in [3.05, 3.63) is 7.43 Å². The van der Waals surface area contributed by atoms with Crippen LogP contribution in [0, 0.1) is 25.2 Å². The van der Waals surface area contributed by atoms with E-state index in [1.165, 1.54) is 0 Å². The predicted molar refractivity (Wildman–Crippen MR) is 72.2 cm³/mol. The quantitative estimate of drug-likeness (QED) is 0.551. The van der Waals surface area contributed by atoms with Gasteiger partial charge in [0.2, 0.25) is 0 Å². The van der Waals surface area contributed by atoms with Crippen molar-refractivity contribution < 1.29 is 37.0 Å². The van der Waals surface area contributed by atoms with Gasteiger partial charge in [0, 0.05) is 41.5 Å². The topological polar surface area (TPSA) is 60.7 Å². The summed E-state index contributed by atoms with van der Waals surface area (Å²) in [6.07, 6.45) is 0. The van der Waals surface area contributed by atoms with E-state index >= 15 is 0 Å². The first-order valence-corrected chi connectivity index (χ1v) is 5.64. The molecule has 0 aliphatic carbocycles. The molecule has 3 nitrogen and oxygen atoms in total. The van der Waals surface area contributed by atoms with Crippen molar-refractivity contribution in [2.75, 3.05) is 19.8 Å². The van der Waals surface area contributed by atoms with Gasteiger partial charge in [0.25, 0.3) is 0 Å². The number of aliphatic hydroxyl groups excluding tert-OH is 3. The first-order chi connectivity index (χ1) is 6.81. The molecule has 0 aromatic rings. The molecule has 0 amide bonds. The predicted octanol–water partition coefficient (Wildman–Crippen LogP) is 2.35. The molecule has 0 aliphatic heterocycles. The molecule has 0 aromatic heterocycles. The van der Waals surface area contributed by atoms with Crippen molar-refractivity contribution in [1.82, 2.24) is 0 Å². The van der Waals surface area contributed by atoms with Crippen LogP contribution in [0.3, 0.4) is 0 Å². The normalized spacial score (nSPS) is 8.47. The SMILES string of the molecule is CC(C)CO.CC(C)CO.CC(C)CO.[CH3-].[Ti]. The first kappa shape index (κ1) is 30.5. The van der Waals surface area contributed by atoms with Gasteiger partial charge < -0.3 is 22.7 Å². The smallest absolute Gasteiger partial charge is 0.0453 e. The second kappa shape index (κ2) is 25.4. The molecule has 17 heavy (non-hydrogen) atoms. The zero-order chi connectivity index (χ0) is 12.9. The molecule has 0 saturated heterocycles. The van der Waals surface area contributed by atoms with Gasteiger partial charge in [0.05, 0.1) is 0 Å². The minimum atomic E-state index is 0. The fourth-order valence-corrected chi connectivity index (χ4v) is 0. The van der Waals surface area contributed by atoms with Crippen LogP contribution in [0.4, 0.5) is 0 Å². The van der Waals surface area contributed by atoms with Crippen LogP contribution >= 0.6 is 0 Å². The van der Waals surface area contributed by atoms with Crippen molar-refractivity contribution in [2.24, 2.45) is 17.8 Å². The van der Waals surface area contributed by atoms with Crippen LogP contribution in [-0.4, -0.2) is 35.1 Å². The zero-order valence-corrected chi connectivity index (χ0v) is 14.3. The standard InChI is InChI=1S/3C4H10O.CH3.Ti/c3*1-4(2)3-5;;/h3*4-5H,3H2,1-2H3;1H3;/q;;;-1;. The number of rotatable bonds is 3. The van der Waals surface area contributed by atoms with Crippen molar-refractivity contribution in [1.29, 1.82) is 0 Å². The maximum absolute atomic E-state index is 8.14. The van der Waals surface area contributed by atoms with E-state index in [0.717, 1.165) is 0 Å². The Morgan fingerprint density at radius 2 is 0.647 bits per heavy atom. The molecule has 0 radical (unpaired) electrons. The molecule has 0 atom stereocenters. The number of hydrogen-bond donors (Lipinski definition) is 3. The van der Waals surface area contributed by atoms with E-state index < -0.39 is 0 Å². The van der Waals surface area contributed by atoms with E-state index in [4.69, 9.17) is 15.3 Å². The minimum Gasteiger partial charge on any atom is -0.396 e. The molecule has 0 saturated carbocycles. The van der Waals surface area contributed by atoms with E-state index in [9.17, 15) is 0 Å². The van der Waals surface area contributed by atoms with Crippen LogP contribution in [0.2, 0.25) is 0 Å². The van der Waals surface area contributed by atoms with E-state index in [1.54, 1.807) is 0 Å². The van der Waals surface area contributed by atoms with Crippen LogP contribution in [0.1, 0.15) is 41.5 Å². The van der Waals surface area contributed by atoms with E-state index in [0.29, 0.717) is 37.6 Å². The van der Waals surface area contributed by atoms with Crippen LogP contribution in [-0.2, 0) is 21.7 Å². The van der Waals surface area contributed by atoms with Crippen LogP contribution in [0.5, 0.6) is 0 Å². The molecule has 0 aliphatic rings. The Hall–Kier alpha value is 0.594. The fourth-order valence-electron chi connectivity index (χ4n) is 0. The molecule has 3 N–H and O–H groups in total. The van der Waals surface area contributed by atoms with Gasteiger partial charge in [-0.15, -0.1) is 0 Å². The Bertz CT molecular complexity index is 77.6. The van der Waals surface area contributed by atoms with Gasteiger partial charge >= 0.3 is 0 Å². The summed E-state index contributed by atoms with van der Waals surface area (Å²) in [5.74, 6) is 1.32. The van der Waals surface area contributed by atoms with Gasteiger partial charge in [-0.3, -0.25) is 0 Å². The molecule has 0 bridgehead atoms. The summed E-state index contributed by atoms with van der Waals surface area (Å²) in [6, 6.07) is 0. The van der Waals surface area contributed by atoms with Crippen molar-refractivity contribution in [2.45, 2.75) is 41.5 Å². The average Bonchev–Trinajstić information content (AvgIpc) is 2.19. The molecule has 0 unspecified atom stereocenters. The third-order valence-corrected chi connectivity index (χ3v) is 1.10. The Balaban J connectivity index is -0.0000000400. The minimum absolute atomic E-state index is 0. The molecule has 0 fully saturated rings. The zero-order valence-electron chi connectivity index (χ0n) is 12.7. The summed E-state index contributed by atoms with van der Waals surface area (Å²) in [7, 11) is 0. The maximum atomic E-state index is 8.14. The molecule has 4 heteroatoms. The van der Waals surface area contributed by atoms with Gasteiger partial charge in [-0.25, -0.2) is 0 Å². The van der Waals surface area contributed by atoms with Crippen LogP contribution in [0.15, 0.2) is 0 Å². The summed E-state index contributed by atoms with van der Waals surface area (Å²) in [6.45, 7) is 12.7. The van der Waals surface area contributed by atoms with E-state index in [2.05, 4.69) is 0 Å². The maximum Gasteiger partial charge on any atom is 0.0453 e. The summed E-state index contributed by atoms with van der Waals surface area (Å²) < 4.78 is 0. The van der Waals surface area contributed by atoms with E-state index in [-0.39, 0.29) is 29.1 Å². The van der Waals surface area contributed by atoms with Gasteiger partial charge in [0.15, 0.2) is 0 Å². The van der Waals surface area contributed by atoms with Gasteiger partial charge in [-0.2, -0.15) is 0 Å². The number of aliphatic hydroxyl groups is 3. The van der Waals surface area contributed by atoms with Gasteiger partial charge in [-0.1, -0.05) is 41.5 Å². The average molecular weight is 285 g/mol. The Labute approximate surface area is 124 Å². The molecule has 108 valence electrons. The summed E-state index contributed by atoms with van der Waals surface area (Å²) in [5.41, 5.74) is 0. The molecule has 0 heterocycles.